The summed E-state index contributed by atoms with van der Waals surface area (Å²) in [6.45, 7) is 3.68. The minimum atomic E-state index is -0.406. The number of carbonyl (C=O) groups is 2. The predicted molar refractivity (Wildman–Crippen MR) is 91.1 cm³/mol. The normalized spacial score (nSPS) is 15.0. The van der Waals surface area contributed by atoms with Gasteiger partial charge in [-0.05, 0) is 25.0 Å². The van der Waals surface area contributed by atoms with E-state index < -0.39 is 5.91 Å². The molecule has 2 aromatic heterocycles. The highest BCUT2D eigenvalue weighted by Gasteiger charge is 2.17. The zero-order valence-corrected chi connectivity index (χ0v) is 14.4. The Balaban J connectivity index is 1.56. The molecule has 0 atom stereocenters. The van der Waals surface area contributed by atoms with Gasteiger partial charge in [-0.3, -0.25) is 14.9 Å². The largest absolute Gasteiger partial charge is 0.456 e. The molecule has 0 spiro atoms. The van der Waals surface area contributed by atoms with Crippen LogP contribution in [0.5, 0.6) is 0 Å². The van der Waals surface area contributed by atoms with Crippen LogP contribution in [0, 0.1) is 0 Å². The van der Waals surface area contributed by atoms with Crippen molar-refractivity contribution in [2.45, 2.75) is 45.6 Å². The third kappa shape index (κ3) is 4.46. The Hall–Kier alpha value is -2.64. The number of hydrogen-bond donors (Lipinski definition) is 1. The van der Waals surface area contributed by atoms with Crippen LogP contribution in [0.4, 0.5) is 5.95 Å². The number of amides is 2. The molecule has 1 N–H and O–H groups in total. The lowest BCUT2D eigenvalue weighted by Gasteiger charge is -2.19. The third-order valence-electron chi connectivity index (χ3n) is 4.25. The fourth-order valence-corrected chi connectivity index (χ4v) is 2.84. The number of nitrogens with zero attached hydrogens (tertiary/aromatic N) is 4. The third-order valence-corrected chi connectivity index (χ3v) is 4.25. The molecule has 2 aromatic rings. The Kier molecular flexibility index (Phi) is 5.47. The first-order chi connectivity index (χ1) is 12.2. The molecule has 1 fully saturated rings. The Morgan fingerprint density at radius 3 is 2.64 bits per heavy atom. The number of aryl methyl sites for hydroxylation is 1. The molecule has 1 saturated heterocycles. The van der Waals surface area contributed by atoms with Gasteiger partial charge in [-0.15, -0.1) is 5.10 Å². The van der Waals surface area contributed by atoms with E-state index >= 15 is 0 Å². The van der Waals surface area contributed by atoms with Crippen LogP contribution in [0.3, 0.4) is 0 Å². The summed E-state index contributed by atoms with van der Waals surface area (Å²) in [6, 6.07) is 3.38. The minimum absolute atomic E-state index is 0.0308. The average molecular weight is 345 g/mol. The van der Waals surface area contributed by atoms with E-state index in [0.29, 0.717) is 0 Å². The summed E-state index contributed by atoms with van der Waals surface area (Å²) in [5.41, 5.74) is 0. The van der Waals surface area contributed by atoms with Crippen molar-refractivity contribution in [2.24, 2.45) is 0 Å². The molecular weight excluding hydrogens is 322 g/mol. The second-order valence-electron chi connectivity index (χ2n) is 6.13. The Bertz CT molecular complexity index is 728. The SMILES string of the molecule is CCc1ccc(C(=O)Nc2ncn(CC(=O)N3CCCCCC3)n2)o1. The van der Waals surface area contributed by atoms with Crippen LogP contribution in [-0.4, -0.2) is 44.6 Å². The van der Waals surface area contributed by atoms with Crippen molar-refractivity contribution in [3.8, 4) is 0 Å². The number of furan rings is 1. The zero-order chi connectivity index (χ0) is 17.6. The van der Waals surface area contributed by atoms with E-state index in [2.05, 4.69) is 15.4 Å². The molecule has 0 aromatic carbocycles. The van der Waals surface area contributed by atoms with Crippen LogP contribution in [0.1, 0.15) is 48.9 Å². The van der Waals surface area contributed by atoms with Crippen LogP contribution in [0.25, 0.3) is 0 Å². The van der Waals surface area contributed by atoms with Gasteiger partial charge < -0.3 is 9.32 Å². The van der Waals surface area contributed by atoms with Crippen molar-refractivity contribution in [3.05, 3.63) is 30.0 Å². The van der Waals surface area contributed by atoms with Gasteiger partial charge in [0.2, 0.25) is 11.9 Å². The summed E-state index contributed by atoms with van der Waals surface area (Å²) in [4.78, 5) is 30.3. The van der Waals surface area contributed by atoms with Crippen molar-refractivity contribution in [3.63, 3.8) is 0 Å². The van der Waals surface area contributed by atoms with Crippen LogP contribution in [0.2, 0.25) is 0 Å². The Labute approximate surface area is 146 Å². The van der Waals surface area contributed by atoms with Crippen molar-refractivity contribution in [1.82, 2.24) is 19.7 Å². The lowest BCUT2D eigenvalue weighted by Crippen LogP contribution is -2.34. The molecule has 3 rings (SSSR count). The molecular formula is C17H23N5O3. The molecule has 1 aliphatic rings. The maximum absolute atomic E-state index is 12.3. The fourth-order valence-electron chi connectivity index (χ4n) is 2.84. The molecule has 0 saturated carbocycles. The van der Waals surface area contributed by atoms with Crippen molar-refractivity contribution < 1.29 is 14.0 Å². The van der Waals surface area contributed by atoms with E-state index in [1.54, 1.807) is 12.1 Å². The molecule has 134 valence electrons. The lowest BCUT2D eigenvalue weighted by atomic mass is 10.2. The van der Waals surface area contributed by atoms with Crippen LogP contribution < -0.4 is 5.32 Å². The molecule has 0 aliphatic carbocycles. The average Bonchev–Trinajstić information content (AvgIpc) is 3.17. The first kappa shape index (κ1) is 17.2. The quantitative estimate of drug-likeness (QED) is 0.895. The highest BCUT2D eigenvalue weighted by atomic mass is 16.3. The van der Waals surface area contributed by atoms with Crippen LogP contribution in [-0.2, 0) is 17.8 Å². The highest BCUT2D eigenvalue weighted by molar-refractivity contribution is 6.01. The topological polar surface area (TPSA) is 93.3 Å². The van der Waals surface area contributed by atoms with E-state index in [9.17, 15) is 9.59 Å². The summed E-state index contributed by atoms with van der Waals surface area (Å²) in [7, 11) is 0. The van der Waals surface area contributed by atoms with Gasteiger partial charge in [0.05, 0.1) is 0 Å². The molecule has 0 radical (unpaired) electrons. The molecule has 1 aliphatic heterocycles. The number of hydrogen-bond acceptors (Lipinski definition) is 5. The number of carbonyl (C=O) groups excluding carboxylic acids is 2. The number of likely N-dealkylation sites (tertiary alicyclic amines) is 1. The predicted octanol–water partition coefficient (Wildman–Crippen LogP) is 2.09. The van der Waals surface area contributed by atoms with Gasteiger partial charge in [-0.1, -0.05) is 19.8 Å². The number of anilines is 1. The molecule has 8 heteroatoms. The minimum Gasteiger partial charge on any atom is -0.456 e. The van der Waals surface area contributed by atoms with Crippen molar-refractivity contribution in [1.29, 1.82) is 0 Å². The number of nitrogens with one attached hydrogen (secondary N) is 1. The first-order valence-corrected chi connectivity index (χ1v) is 8.73. The van der Waals surface area contributed by atoms with Crippen LogP contribution >= 0.6 is 0 Å². The summed E-state index contributed by atoms with van der Waals surface area (Å²) in [5.74, 6) is 0.739. The second kappa shape index (κ2) is 7.96. The van der Waals surface area contributed by atoms with E-state index in [1.165, 1.54) is 23.9 Å². The smallest absolute Gasteiger partial charge is 0.293 e. The van der Waals surface area contributed by atoms with E-state index in [-0.39, 0.29) is 24.2 Å². The summed E-state index contributed by atoms with van der Waals surface area (Å²) in [5, 5.41) is 6.72. The van der Waals surface area contributed by atoms with Gasteiger partial charge in [0, 0.05) is 19.5 Å². The van der Waals surface area contributed by atoms with E-state index in [4.69, 9.17) is 4.42 Å². The maximum atomic E-state index is 12.3. The van der Waals surface area contributed by atoms with Gasteiger partial charge in [0.1, 0.15) is 18.6 Å². The monoisotopic (exact) mass is 345 g/mol. The maximum Gasteiger partial charge on any atom is 0.293 e. The van der Waals surface area contributed by atoms with Gasteiger partial charge in [-0.25, -0.2) is 9.67 Å². The molecule has 0 bridgehead atoms. The number of rotatable bonds is 5. The van der Waals surface area contributed by atoms with E-state index in [0.717, 1.165) is 38.1 Å². The molecule has 0 unspecified atom stereocenters. The van der Waals surface area contributed by atoms with Gasteiger partial charge in [0.25, 0.3) is 5.91 Å². The Morgan fingerprint density at radius 2 is 1.96 bits per heavy atom. The Morgan fingerprint density at radius 1 is 1.20 bits per heavy atom. The summed E-state index contributed by atoms with van der Waals surface area (Å²) in [6.07, 6.45) is 6.62. The molecule has 2 amide bonds. The zero-order valence-electron chi connectivity index (χ0n) is 14.4. The first-order valence-electron chi connectivity index (χ1n) is 8.73. The van der Waals surface area contributed by atoms with Crippen LogP contribution in [0.15, 0.2) is 22.9 Å². The highest BCUT2D eigenvalue weighted by Crippen LogP contribution is 2.12. The lowest BCUT2D eigenvalue weighted by molar-refractivity contribution is -0.132. The van der Waals surface area contributed by atoms with Gasteiger partial charge in [0.15, 0.2) is 5.76 Å². The summed E-state index contributed by atoms with van der Waals surface area (Å²) < 4.78 is 6.84. The van der Waals surface area contributed by atoms with Crippen molar-refractivity contribution in [2.75, 3.05) is 18.4 Å². The van der Waals surface area contributed by atoms with Gasteiger partial charge in [-0.2, -0.15) is 0 Å². The molecule has 8 nitrogen and oxygen atoms in total. The standard InChI is InChI=1S/C17H23N5O3/c1-2-13-7-8-14(25-13)16(24)19-17-18-12-22(20-17)11-15(23)21-9-5-3-4-6-10-21/h7-8,12H,2-6,9-11H2,1H3,(H,19,20,24). The van der Waals surface area contributed by atoms with Gasteiger partial charge >= 0.3 is 0 Å². The molecule has 3 heterocycles. The summed E-state index contributed by atoms with van der Waals surface area (Å²) >= 11 is 0. The molecule has 25 heavy (non-hydrogen) atoms. The fraction of sp³-hybridized carbons (Fsp3) is 0.529. The second-order valence-corrected chi connectivity index (χ2v) is 6.13. The number of aromatic nitrogens is 3. The van der Waals surface area contributed by atoms with Crippen molar-refractivity contribution >= 4 is 17.8 Å². The van der Waals surface area contributed by atoms with E-state index in [1.807, 2.05) is 11.8 Å².